The first-order valence-electron chi connectivity index (χ1n) is 7.36. The quantitative estimate of drug-likeness (QED) is 0.507. The zero-order chi connectivity index (χ0) is 18.8. The fraction of sp³-hybridized carbons (Fsp3) is 0.0588. The van der Waals surface area contributed by atoms with E-state index in [1.54, 1.807) is 12.1 Å². The molecule has 2 aromatic rings. The van der Waals surface area contributed by atoms with E-state index in [2.05, 4.69) is 5.32 Å². The van der Waals surface area contributed by atoms with Gasteiger partial charge in [-0.2, -0.15) is 5.26 Å². The molecule has 9 heteroatoms. The first kappa shape index (κ1) is 16.8. The second kappa shape index (κ2) is 6.45. The predicted octanol–water partition coefficient (Wildman–Crippen LogP) is 1.70. The van der Waals surface area contributed by atoms with Crippen LogP contribution in [-0.4, -0.2) is 34.1 Å². The molecule has 0 saturated carbocycles. The van der Waals surface area contributed by atoms with E-state index >= 15 is 0 Å². The highest BCUT2D eigenvalue weighted by atomic mass is 16.6. The summed E-state index contributed by atoms with van der Waals surface area (Å²) in [6.07, 6.45) is 0. The molecule has 1 heterocycles. The molecule has 0 unspecified atom stereocenters. The number of carbonyl (C=O) groups is 3. The highest BCUT2D eigenvalue weighted by molar-refractivity contribution is 6.24. The number of carbonyl (C=O) groups excluding carboxylic acids is 3. The molecule has 0 atom stereocenters. The Balaban J connectivity index is 1.83. The van der Waals surface area contributed by atoms with Gasteiger partial charge >= 0.3 is 0 Å². The number of amides is 3. The summed E-state index contributed by atoms with van der Waals surface area (Å²) in [5, 5.41) is 22.5. The van der Waals surface area contributed by atoms with Crippen molar-refractivity contribution in [3.8, 4) is 6.07 Å². The van der Waals surface area contributed by atoms with Crippen LogP contribution >= 0.6 is 0 Å². The number of para-hydroxylation sites is 1. The van der Waals surface area contributed by atoms with Gasteiger partial charge in [0.25, 0.3) is 17.5 Å². The minimum atomic E-state index is -0.902. The fourth-order valence-electron chi connectivity index (χ4n) is 2.63. The third-order valence-electron chi connectivity index (χ3n) is 3.80. The van der Waals surface area contributed by atoms with Crippen LogP contribution in [0.1, 0.15) is 26.3 Å². The lowest BCUT2D eigenvalue weighted by Crippen LogP contribution is -2.37. The number of nitro groups is 1. The number of anilines is 1. The minimum absolute atomic E-state index is 0.116. The van der Waals surface area contributed by atoms with Crippen LogP contribution in [-0.2, 0) is 4.79 Å². The molecule has 9 nitrogen and oxygen atoms in total. The lowest BCUT2D eigenvalue weighted by molar-refractivity contribution is -0.385. The van der Waals surface area contributed by atoms with E-state index in [1.165, 1.54) is 24.3 Å². The Morgan fingerprint density at radius 2 is 1.88 bits per heavy atom. The first-order valence-corrected chi connectivity index (χ1v) is 7.36. The van der Waals surface area contributed by atoms with Gasteiger partial charge in [0.1, 0.15) is 18.2 Å². The van der Waals surface area contributed by atoms with Crippen molar-refractivity contribution in [1.82, 2.24) is 4.90 Å². The van der Waals surface area contributed by atoms with E-state index in [1.807, 2.05) is 6.07 Å². The summed E-state index contributed by atoms with van der Waals surface area (Å²) in [5.41, 5.74) is -0.470. The molecule has 128 valence electrons. The molecule has 0 bridgehead atoms. The van der Waals surface area contributed by atoms with Crippen LogP contribution in [0.5, 0.6) is 0 Å². The zero-order valence-electron chi connectivity index (χ0n) is 13.1. The van der Waals surface area contributed by atoms with Gasteiger partial charge in [0.15, 0.2) is 0 Å². The molecule has 2 aromatic carbocycles. The van der Waals surface area contributed by atoms with E-state index in [9.17, 15) is 24.5 Å². The third kappa shape index (κ3) is 2.76. The molecular weight excluding hydrogens is 340 g/mol. The maximum atomic E-state index is 12.4. The van der Waals surface area contributed by atoms with E-state index in [-0.39, 0.29) is 22.4 Å². The molecule has 0 fully saturated rings. The van der Waals surface area contributed by atoms with E-state index in [4.69, 9.17) is 5.26 Å². The molecule has 3 rings (SSSR count). The van der Waals surface area contributed by atoms with Crippen LogP contribution in [0, 0.1) is 21.4 Å². The number of nitro benzene ring substituents is 1. The van der Waals surface area contributed by atoms with Crippen molar-refractivity contribution in [3.63, 3.8) is 0 Å². The Hall–Kier alpha value is -4.06. The molecule has 0 radical (unpaired) electrons. The molecular formula is C17H10N4O5. The van der Waals surface area contributed by atoms with Gasteiger partial charge < -0.3 is 5.32 Å². The van der Waals surface area contributed by atoms with Crippen molar-refractivity contribution in [2.45, 2.75) is 0 Å². The number of imide groups is 1. The van der Waals surface area contributed by atoms with Crippen molar-refractivity contribution in [2.24, 2.45) is 0 Å². The number of nitriles is 1. The first-order chi connectivity index (χ1) is 12.4. The molecule has 26 heavy (non-hydrogen) atoms. The molecule has 3 amide bonds. The largest absolute Gasteiger partial charge is 0.323 e. The normalized spacial score (nSPS) is 12.5. The Morgan fingerprint density at radius 1 is 1.15 bits per heavy atom. The summed E-state index contributed by atoms with van der Waals surface area (Å²) < 4.78 is 0. The Bertz CT molecular complexity index is 1010. The Labute approximate surface area is 146 Å². The summed E-state index contributed by atoms with van der Waals surface area (Å²) in [6, 6.07) is 11.9. The average molecular weight is 350 g/mol. The van der Waals surface area contributed by atoms with Crippen LogP contribution in [0.4, 0.5) is 11.4 Å². The van der Waals surface area contributed by atoms with Crippen molar-refractivity contribution >= 4 is 29.1 Å². The SMILES string of the molecule is N#Cc1ccccc1NC(=O)CN1C(=O)c2cccc([N+](=O)[O-])c2C1=O. The molecule has 1 N–H and O–H groups in total. The zero-order valence-corrected chi connectivity index (χ0v) is 13.1. The summed E-state index contributed by atoms with van der Waals surface area (Å²) in [5.74, 6) is -2.39. The van der Waals surface area contributed by atoms with Gasteiger partial charge in [-0.1, -0.05) is 18.2 Å². The number of benzene rings is 2. The maximum absolute atomic E-state index is 12.4. The monoisotopic (exact) mass is 350 g/mol. The number of fused-ring (bicyclic) bond motifs is 1. The maximum Gasteiger partial charge on any atom is 0.282 e. The standard InChI is InChI=1S/C17H10N4O5/c18-8-10-4-1-2-6-12(10)19-14(22)9-20-16(23)11-5-3-7-13(21(25)26)15(11)17(20)24/h1-7H,9H2,(H,19,22). The van der Waals surface area contributed by atoms with Crippen molar-refractivity contribution < 1.29 is 19.3 Å². The van der Waals surface area contributed by atoms with E-state index in [0.717, 1.165) is 6.07 Å². The second-order valence-electron chi connectivity index (χ2n) is 5.36. The number of hydrogen-bond acceptors (Lipinski definition) is 6. The van der Waals surface area contributed by atoms with Crippen LogP contribution in [0.15, 0.2) is 42.5 Å². The van der Waals surface area contributed by atoms with Gasteiger partial charge in [-0.05, 0) is 18.2 Å². The molecule has 0 aliphatic carbocycles. The number of nitrogens with zero attached hydrogens (tertiary/aromatic N) is 3. The molecule has 0 aromatic heterocycles. The van der Waals surface area contributed by atoms with Crippen LogP contribution in [0.3, 0.4) is 0 Å². The van der Waals surface area contributed by atoms with Crippen LogP contribution < -0.4 is 5.32 Å². The third-order valence-corrected chi connectivity index (χ3v) is 3.80. The van der Waals surface area contributed by atoms with E-state index in [0.29, 0.717) is 4.90 Å². The predicted molar refractivity (Wildman–Crippen MR) is 88.3 cm³/mol. The smallest absolute Gasteiger partial charge is 0.282 e. The Morgan fingerprint density at radius 3 is 2.58 bits per heavy atom. The van der Waals surface area contributed by atoms with Crippen LogP contribution in [0.25, 0.3) is 0 Å². The van der Waals surface area contributed by atoms with Crippen LogP contribution in [0.2, 0.25) is 0 Å². The van der Waals surface area contributed by atoms with Gasteiger partial charge in [-0.25, -0.2) is 0 Å². The summed E-state index contributed by atoms with van der Waals surface area (Å²) in [6.45, 7) is -0.622. The summed E-state index contributed by atoms with van der Waals surface area (Å²) in [4.78, 5) is 47.9. The van der Waals surface area contributed by atoms with Gasteiger partial charge in [-0.15, -0.1) is 0 Å². The second-order valence-corrected chi connectivity index (χ2v) is 5.36. The van der Waals surface area contributed by atoms with Crippen molar-refractivity contribution in [2.75, 3.05) is 11.9 Å². The molecule has 1 aliphatic heterocycles. The highest BCUT2D eigenvalue weighted by Gasteiger charge is 2.41. The lowest BCUT2D eigenvalue weighted by atomic mass is 10.1. The molecule has 0 spiro atoms. The molecule has 0 saturated heterocycles. The van der Waals surface area contributed by atoms with Gasteiger partial charge in [0, 0.05) is 6.07 Å². The minimum Gasteiger partial charge on any atom is -0.323 e. The number of nitrogens with one attached hydrogen (secondary N) is 1. The fourth-order valence-corrected chi connectivity index (χ4v) is 2.63. The average Bonchev–Trinajstić information content (AvgIpc) is 2.87. The van der Waals surface area contributed by atoms with Gasteiger partial charge in [-0.3, -0.25) is 29.4 Å². The number of rotatable bonds is 4. The molecule has 1 aliphatic rings. The topological polar surface area (TPSA) is 133 Å². The van der Waals surface area contributed by atoms with Gasteiger partial charge in [0.2, 0.25) is 5.91 Å². The number of hydrogen-bond donors (Lipinski definition) is 1. The van der Waals surface area contributed by atoms with Gasteiger partial charge in [0.05, 0.1) is 21.7 Å². The Kier molecular flexibility index (Phi) is 4.16. The summed E-state index contributed by atoms with van der Waals surface area (Å²) >= 11 is 0. The van der Waals surface area contributed by atoms with Crippen molar-refractivity contribution in [3.05, 3.63) is 69.3 Å². The lowest BCUT2D eigenvalue weighted by Gasteiger charge is -2.14. The van der Waals surface area contributed by atoms with Crippen molar-refractivity contribution in [1.29, 1.82) is 5.26 Å². The van der Waals surface area contributed by atoms with E-state index < -0.39 is 34.9 Å². The summed E-state index contributed by atoms with van der Waals surface area (Å²) in [7, 11) is 0. The highest BCUT2D eigenvalue weighted by Crippen LogP contribution is 2.30.